The molecule has 83 valence electrons. The van der Waals surface area contributed by atoms with Crippen molar-refractivity contribution in [3.63, 3.8) is 0 Å². The Kier molecular flexibility index (Phi) is 2.51. The number of hydrogen-bond donors (Lipinski definition) is 0. The van der Waals surface area contributed by atoms with E-state index >= 15 is 0 Å². The molecule has 3 rings (SSSR count). The van der Waals surface area contributed by atoms with Gasteiger partial charge in [0.25, 0.3) is 0 Å². The molecule has 1 aromatic heterocycles. The second kappa shape index (κ2) is 4.31. The lowest BCUT2D eigenvalue weighted by Crippen LogP contribution is -1.85. The van der Waals surface area contributed by atoms with E-state index in [1.165, 1.54) is 0 Å². The second-order valence-corrected chi connectivity index (χ2v) is 4.03. The number of nitriles is 1. The van der Waals surface area contributed by atoms with Gasteiger partial charge in [0.05, 0.1) is 17.3 Å². The van der Waals surface area contributed by atoms with Crippen LogP contribution >= 0.6 is 0 Å². The van der Waals surface area contributed by atoms with Crippen molar-refractivity contribution < 1.29 is 0 Å². The van der Waals surface area contributed by atoms with Gasteiger partial charge in [-0.3, -0.25) is 4.98 Å². The number of nitrogens with zero attached hydrogens (tertiary/aromatic N) is 2. The minimum absolute atomic E-state index is 0.626. The smallest absolute Gasteiger partial charge is 0.0992 e. The van der Waals surface area contributed by atoms with Crippen LogP contribution in [0.5, 0.6) is 0 Å². The Morgan fingerprint density at radius 2 is 2.00 bits per heavy atom. The zero-order valence-electron chi connectivity index (χ0n) is 9.59. The molecule has 1 heterocycles. The molecule has 0 amide bonds. The summed E-state index contributed by atoms with van der Waals surface area (Å²) < 4.78 is 0. The third kappa shape index (κ3) is 1.83. The van der Waals surface area contributed by atoms with Gasteiger partial charge in [0, 0.05) is 11.8 Å². The van der Waals surface area contributed by atoms with Gasteiger partial charge in [-0.15, -0.1) is 0 Å². The molecule has 2 nitrogen and oxygen atoms in total. The molecule has 3 aromatic rings. The van der Waals surface area contributed by atoms with E-state index in [9.17, 15) is 0 Å². The molecule has 0 aliphatic carbocycles. The lowest BCUT2D eigenvalue weighted by Gasteiger charge is -2.03. The van der Waals surface area contributed by atoms with Crippen LogP contribution in [0.1, 0.15) is 5.56 Å². The third-order valence-electron chi connectivity index (χ3n) is 2.87. The third-order valence-corrected chi connectivity index (χ3v) is 2.87. The summed E-state index contributed by atoms with van der Waals surface area (Å²) in [5, 5.41) is 11.2. The van der Waals surface area contributed by atoms with Crippen molar-refractivity contribution in [2.45, 2.75) is 0 Å². The van der Waals surface area contributed by atoms with Crippen molar-refractivity contribution in [1.82, 2.24) is 4.98 Å². The fourth-order valence-corrected chi connectivity index (χ4v) is 1.94. The Balaban J connectivity index is 2.16. The van der Waals surface area contributed by atoms with Crippen LogP contribution in [-0.2, 0) is 0 Å². The fourth-order valence-electron chi connectivity index (χ4n) is 1.94. The van der Waals surface area contributed by atoms with Crippen LogP contribution in [0.15, 0.2) is 54.7 Å². The molecule has 0 aliphatic rings. The van der Waals surface area contributed by atoms with Crippen LogP contribution in [0.3, 0.4) is 0 Å². The molecule has 18 heavy (non-hydrogen) atoms. The van der Waals surface area contributed by atoms with Crippen LogP contribution in [0.2, 0.25) is 0 Å². The van der Waals surface area contributed by atoms with E-state index in [4.69, 9.17) is 5.26 Å². The molecule has 0 fully saturated rings. The summed E-state index contributed by atoms with van der Waals surface area (Å²) in [6.07, 6.45) is 1.66. The number of aromatic nitrogens is 1. The summed E-state index contributed by atoms with van der Waals surface area (Å²) >= 11 is 0. The number of hydrogen-bond acceptors (Lipinski definition) is 2. The molecule has 2 heteroatoms. The molecule has 1 radical (unpaired) electrons. The molecular weight excluding hydrogens is 220 g/mol. The second-order valence-electron chi connectivity index (χ2n) is 4.03. The SMILES string of the molecule is N#Cc1ccnc(-c2ccc3c[c]ccc3c2)c1. The topological polar surface area (TPSA) is 36.7 Å². The van der Waals surface area contributed by atoms with Crippen molar-refractivity contribution in [2.75, 3.05) is 0 Å². The maximum absolute atomic E-state index is 8.90. The number of rotatable bonds is 1. The van der Waals surface area contributed by atoms with E-state index in [0.29, 0.717) is 5.56 Å². The summed E-state index contributed by atoms with van der Waals surface area (Å²) in [6, 6.07) is 20.7. The lowest BCUT2D eigenvalue weighted by atomic mass is 10.0. The standard InChI is InChI=1S/C16H9N2/c17-11-12-7-8-18-16(9-12)15-6-5-13-3-1-2-4-14(13)10-15/h2-10H. The first kappa shape index (κ1) is 10.5. The Bertz CT molecular complexity index is 754. The van der Waals surface area contributed by atoms with E-state index in [1.807, 2.05) is 30.3 Å². The highest BCUT2D eigenvalue weighted by Crippen LogP contribution is 2.23. The number of pyridine rings is 1. The van der Waals surface area contributed by atoms with Gasteiger partial charge in [-0.1, -0.05) is 24.3 Å². The maximum Gasteiger partial charge on any atom is 0.0992 e. The molecule has 0 aliphatic heterocycles. The van der Waals surface area contributed by atoms with E-state index in [0.717, 1.165) is 22.0 Å². The first-order valence-corrected chi connectivity index (χ1v) is 5.63. The fraction of sp³-hybridized carbons (Fsp3) is 0. The molecule has 0 saturated carbocycles. The van der Waals surface area contributed by atoms with Crippen molar-refractivity contribution in [3.05, 3.63) is 66.4 Å². The van der Waals surface area contributed by atoms with Gasteiger partial charge >= 0.3 is 0 Å². The van der Waals surface area contributed by atoms with E-state index in [1.54, 1.807) is 18.3 Å². The molecule has 0 N–H and O–H groups in total. The molecule has 2 aromatic carbocycles. The van der Waals surface area contributed by atoms with Crippen molar-refractivity contribution in [3.8, 4) is 17.3 Å². The van der Waals surface area contributed by atoms with Crippen LogP contribution in [-0.4, -0.2) is 4.98 Å². The molecule has 0 unspecified atom stereocenters. The summed E-state index contributed by atoms with van der Waals surface area (Å²) in [5.74, 6) is 0. The van der Waals surface area contributed by atoms with E-state index in [2.05, 4.69) is 23.2 Å². The van der Waals surface area contributed by atoms with Crippen LogP contribution in [0.25, 0.3) is 22.0 Å². The first-order chi connectivity index (χ1) is 8.86. The lowest BCUT2D eigenvalue weighted by molar-refractivity contribution is 1.31. The quantitative estimate of drug-likeness (QED) is 0.639. The number of fused-ring (bicyclic) bond motifs is 1. The predicted molar refractivity (Wildman–Crippen MR) is 70.7 cm³/mol. The monoisotopic (exact) mass is 229 g/mol. The molecule has 0 atom stereocenters. The highest BCUT2D eigenvalue weighted by atomic mass is 14.7. The van der Waals surface area contributed by atoms with Crippen LogP contribution in [0.4, 0.5) is 0 Å². The molecule has 0 spiro atoms. The minimum Gasteiger partial charge on any atom is -0.256 e. The van der Waals surface area contributed by atoms with Crippen molar-refractivity contribution in [2.24, 2.45) is 0 Å². The van der Waals surface area contributed by atoms with Gasteiger partial charge in [-0.05, 0) is 41.1 Å². The first-order valence-electron chi connectivity index (χ1n) is 5.63. The van der Waals surface area contributed by atoms with Gasteiger partial charge in [-0.25, -0.2) is 0 Å². The predicted octanol–water partition coefficient (Wildman–Crippen LogP) is 3.57. The van der Waals surface area contributed by atoms with Gasteiger partial charge in [0.2, 0.25) is 0 Å². The molecular formula is C16H9N2. The maximum atomic E-state index is 8.90. The van der Waals surface area contributed by atoms with Gasteiger partial charge in [0.1, 0.15) is 0 Å². The van der Waals surface area contributed by atoms with E-state index in [-0.39, 0.29) is 0 Å². The highest BCUT2D eigenvalue weighted by molar-refractivity contribution is 5.86. The Labute approximate surface area is 105 Å². The molecule has 0 saturated heterocycles. The summed E-state index contributed by atoms with van der Waals surface area (Å²) in [5.41, 5.74) is 2.47. The summed E-state index contributed by atoms with van der Waals surface area (Å²) in [7, 11) is 0. The van der Waals surface area contributed by atoms with Crippen LogP contribution in [0, 0.1) is 17.4 Å². The molecule has 0 bridgehead atoms. The highest BCUT2D eigenvalue weighted by Gasteiger charge is 2.02. The largest absolute Gasteiger partial charge is 0.256 e. The zero-order valence-corrected chi connectivity index (χ0v) is 9.59. The average molecular weight is 229 g/mol. The normalized spacial score (nSPS) is 10.2. The van der Waals surface area contributed by atoms with E-state index < -0.39 is 0 Å². The Morgan fingerprint density at radius 3 is 2.89 bits per heavy atom. The average Bonchev–Trinajstić information content (AvgIpc) is 2.47. The van der Waals surface area contributed by atoms with Crippen LogP contribution < -0.4 is 0 Å². The Morgan fingerprint density at radius 1 is 1.06 bits per heavy atom. The zero-order chi connectivity index (χ0) is 12.4. The summed E-state index contributed by atoms with van der Waals surface area (Å²) in [6.45, 7) is 0. The van der Waals surface area contributed by atoms with Gasteiger partial charge < -0.3 is 0 Å². The van der Waals surface area contributed by atoms with Crippen molar-refractivity contribution in [1.29, 1.82) is 5.26 Å². The minimum atomic E-state index is 0.626. The number of benzene rings is 2. The van der Waals surface area contributed by atoms with Gasteiger partial charge in [0.15, 0.2) is 0 Å². The van der Waals surface area contributed by atoms with Crippen molar-refractivity contribution >= 4 is 10.8 Å². The Hall–Kier alpha value is -2.66. The summed E-state index contributed by atoms with van der Waals surface area (Å²) in [4.78, 5) is 4.31. The van der Waals surface area contributed by atoms with Gasteiger partial charge in [-0.2, -0.15) is 5.26 Å².